The normalized spacial score (nSPS) is 20.0. The number of piperazine rings is 1. The zero-order valence-corrected chi connectivity index (χ0v) is 14.3. The number of amides is 1. The van der Waals surface area contributed by atoms with Crippen LogP contribution in [0, 0.1) is 6.92 Å². The summed E-state index contributed by atoms with van der Waals surface area (Å²) >= 11 is 0. The van der Waals surface area contributed by atoms with Crippen molar-refractivity contribution in [1.82, 2.24) is 14.8 Å². The maximum absolute atomic E-state index is 12.1. The Balaban J connectivity index is 1.91. The lowest BCUT2D eigenvalue weighted by Gasteiger charge is -2.40. The fraction of sp³-hybridized carbons (Fsp3) is 0.647. The summed E-state index contributed by atoms with van der Waals surface area (Å²) in [4.78, 5) is 20.7. The molecule has 0 spiro atoms. The Labute approximate surface area is 133 Å². The SMILES string of the molecule is Cc1ccnc(CN2CCN(C(=O)OC(C)(C)C)C[C@@H]2C)c1. The second-order valence-corrected chi connectivity index (χ2v) is 7.07. The van der Waals surface area contributed by atoms with Crippen LogP contribution < -0.4 is 0 Å². The summed E-state index contributed by atoms with van der Waals surface area (Å²) in [7, 11) is 0. The fourth-order valence-corrected chi connectivity index (χ4v) is 2.62. The zero-order chi connectivity index (χ0) is 16.3. The molecule has 1 aromatic rings. The quantitative estimate of drug-likeness (QED) is 0.843. The van der Waals surface area contributed by atoms with E-state index in [2.05, 4.69) is 29.8 Å². The number of hydrogen-bond donors (Lipinski definition) is 0. The minimum absolute atomic E-state index is 0.215. The Morgan fingerprint density at radius 2 is 2.14 bits per heavy atom. The third-order valence-corrected chi connectivity index (χ3v) is 3.75. The van der Waals surface area contributed by atoms with Crippen LogP contribution in [0.25, 0.3) is 0 Å². The Morgan fingerprint density at radius 3 is 2.73 bits per heavy atom. The van der Waals surface area contributed by atoms with E-state index < -0.39 is 5.60 Å². The highest BCUT2D eigenvalue weighted by Gasteiger charge is 2.29. The molecule has 0 radical (unpaired) electrons. The molecule has 1 saturated heterocycles. The molecular weight excluding hydrogens is 278 g/mol. The average Bonchev–Trinajstić information content (AvgIpc) is 2.39. The van der Waals surface area contributed by atoms with Crippen molar-refractivity contribution >= 4 is 6.09 Å². The zero-order valence-electron chi connectivity index (χ0n) is 14.3. The lowest BCUT2D eigenvalue weighted by molar-refractivity contribution is 0.00445. The second kappa shape index (κ2) is 6.65. The van der Waals surface area contributed by atoms with Crippen molar-refractivity contribution < 1.29 is 9.53 Å². The van der Waals surface area contributed by atoms with Gasteiger partial charge in [0.25, 0.3) is 0 Å². The smallest absolute Gasteiger partial charge is 0.410 e. The van der Waals surface area contributed by atoms with E-state index in [9.17, 15) is 4.79 Å². The first-order chi connectivity index (χ1) is 10.2. The van der Waals surface area contributed by atoms with Crippen LogP contribution in [0.1, 0.15) is 39.0 Å². The molecule has 122 valence electrons. The van der Waals surface area contributed by atoms with Crippen molar-refractivity contribution in [3.8, 4) is 0 Å². The molecule has 0 bridgehead atoms. The Hall–Kier alpha value is -1.62. The fourth-order valence-electron chi connectivity index (χ4n) is 2.62. The van der Waals surface area contributed by atoms with Crippen LogP contribution in [0.3, 0.4) is 0 Å². The van der Waals surface area contributed by atoms with Crippen molar-refractivity contribution in [2.75, 3.05) is 19.6 Å². The van der Waals surface area contributed by atoms with E-state index >= 15 is 0 Å². The minimum atomic E-state index is -0.442. The van der Waals surface area contributed by atoms with Crippen LogP contribution in [0.15, 0.2) is 18.3 Å². The van der Waals surface area contributed by atoms with Gasteiger partial charge in [0.15, 0.2) is 0 Å². The molecule has 0 saturated carbocycles. The number of ether oxygens (including phenoxy) is 1. The molecule has 1 amide bonds. The molecule has 22 heavy (non-hydrogen) atoms. The molecule has 0 unspecified atom stereocenters. The Kier molecular flexibility index (Phi) is 5.06. The molecule has 1 aromatic heterocycles. The van der Waals surface area contributed by atoms with E-state index in [4.69, 9.17) is 4.74 Å². The molecule has 2 heterocycles. The summed E-state index contributed by atoms with van der Waals surface area (Å²) in [6.45, 7) is 13.0. The van der Waals surface area contributed by atoms with E-state index in [-0.39, 0.29) is 6.09 Å². The van der Waals surface area contributed by atoms with E-state index in [0.717, 1.165) is 18.8 Å². The van der Waals surface area contributed by atoms with Gasteiger partial charge < -0.3 is 9.64 Å². The highest BCUT2D eigenvalue weighted by molar-refractivity contribution is 5.68. The summed E-state index contributed by atoms with van der Waals surface area (Å²) in [6.07, 6.45) is 1.64. The van der Waals surface area contributed by atoms with Crippen LogP contribution in [0.4, 0.5) is 4.79 Å². The van der Waals surface area contributed by atoms with E-state index in [0.29, 0.717) is 19.1 Å². The van der Waals surface area contributed by atoms with Crippen LogP contribution >= 0.6 is 0 Å². The van der Waals surface area contributed by atoms with Crippen molar-refractivity contribution in [2.24, 2.45) is 0 Å². The monoisotopic (exact) mass is 305 g/mol. The van der Waals surface area contributed by atoms with Gasteiger partial charge in [-0.05, 0) is 52.3 Å². The number of carbonyl (C=O) groups excluding carboxylic acids is 1. The van der Waals surface area contributed by atoms with Gasteiger partial charge in [-0.3, -0.25) is 9.88 Å². The highest BCUT2D eigenvalue weighted by atomic mass is 16.6. The van der Waals surface area contributed by atoms with Crippen molar-refractivity contribution in [3.05, 3.63) is 29.6 Å². The van der Waals surface area contributed by atoms with E-state index in [1.54, 1.807) is 4.90 Å². The van der Waals surface area contributed by atoms with Gasteiger partial charge in [0, 0.05) is 38.4 Å². The molecule has 1 fully saturated rings. The number of pyridine rings is 1. The largest absolute Gasteiger partial charge is 0.444 e. The predicted molar refractivity (Wildman–Crippen MR) is 86.7 cm³/mol. The first-order valence-electron chi connectivity index (χ1n) is 7.88. The summed E-state index contributed by atoms with van der Waals surface area (Å²) in [5, 5.41) is 0. The second-order valence-electron chi connectivity index (χ2n) is 7.07. The molecule has 0 aromatic carbocycles. The van der Waals surface area contributed by atoms with Gasteiger partial charge in [-0.1, -0.05) is 0 Å². The van der Waals surface area contributed by atoms with Gasteiger partial charge >= 0.3 is 6.09 Å². The van der Waals surface area contributed by atoms with Gasteiger partial charge in [0.05, 0.1) is 5.69 Å². The Morgan fingerprint density at radius 1 is 1.41 bits per heavy atom. The number of hydrogen-bond acceptors (Lipinski definition) is 4. The van der Waals surface area contributed by atoms with Gasteiger partial charge in [0.1, 0.15) is 5.60 Å². The lowest BCUT2D eigenvalue weighted by Crippen LogP contribution is -2.54. The van der Waals surface area contributed by atoms with Gasteiger partial charge in [0.2, 0.25) is 0 Å². The highest BCUT2D eigenvalue weighted by Crippen LogP contribution is 2.16. The van der Waals surface area contributed by atoms with Crippen LogP contribution in [-0.2, 0) is 11.3 Å². The maximum atomic E-state index is 12.1. The summed E-state index contributed by atoms with van der Waals surface area (Å²) < 4.78 is 5.45. The summed E-state index contributed by atoms with van der Waals surface area (Å²) in [6, 6.07) is 4.42. The first kappa shape index (κ1) is 16.7. The van der Waals surface area contributed by atoms with Crippen LogP contribution in [0.5, 0.6) is 0 Å². The number of aromatic nitrogens is 1. The van der Waals surface area contributed by atoms with Crippen LogP contribution in [0.2, 0.25) is 0 Å². The number of aryl methyl sites for hydroxylation is 1. The molecule has 0 aliphatic carbocycles. The van der Waals surface area contributed by atoms with Crippen molar-refractivity contribution in [2.45, 2.75) is 52.8 Å². The molecule has 1 aliphatic heterocycles. The van der Waals surface area contributed by atoms with E-state index in [1.807, 2.05) is 33.0 Å². The molecule has 2 rings (SSSR count). The molecule has 5 heteroatoms. The molecule has 1 atom stereocenters. The number of rotatable bonds is 2. The average molecular weight is 305 g/mol. The third kappa shape index (κ3) is 4.70. The molecule has 5 nitrogen and oxygen atoms in total. The van der Waals surface area contributed by atoms with E-state index in [1.165, 1.54) is 5.56 Å². The maximum Gasteiger partial charge on any atom is 0.410 e. The third-order valence-electron chi connectivity index (χ3n) is 3.75. The van der Waals surface area contributed by atoms with Crippen molar-refractivity contribution in [3.63, 3.8) is 0 Å². The number of nitrogens with zero attached hydrogens (tertiary/aromatic N) is 3. The standard InChI is InChI=1S/C17H27N3O2/c1-13-6-7-18-15(10-13)12-19-8-9-20(11-14(19)2)16(21)22-17(3,4)5/h6-7,10,14H,8-9,11-12H2,1-5H3/t14-/m0/s1. The predicted octanol–water partition coefficient (Wildman–Crippen LogP) is 2.83. The van der Waals surface area contributed by atoms with Crippen LogP contribution in [-0.4, -0.2) is 52.2 Å². The lowest BCUT2D eigenvalue weighted by atomic mass is 10.1. The summed E-state index contributed by atoms with van der Waals surface area (Å²) in [5.74, 6) is 0. The van der Waals surface area contributed by atoms with Crippen molar-refractivity contribution in [1.29, 1.82) is 0 Å². The van der Waals surface area contributed by atoms with Gasteiger partial charge in [-0.2, -0.15) is 0 Å². The first-order valence-corrected chi connectivity index (χ1v) is 7.88. The molecule has 0 N–H and O–H groups in total. The molecule has 1 aliphatic rings. The Bertz CT molecular complexity index is 525. The number of carbonyl (C=O) groups is 1. The summed E-state index contributed by atoms with van der Waals surface area (Å²) in [5.41, 5.74) is 1.87. The molecular formula is C17H27N3O2. The minimum Gasteiger partial charge on any atom is -0.444 e. The van der Waals surface area contributed by atoms with Gasteiger partial charge in [-0.15, -0.1) is 0 Å². The van der Waals surface area contributed by atoms with Gasteiger partial charge in [-0.25, -0.2) is 4.79 Å². The topological polar surface area (TPSA) is 45.7 Å².